The van der Waals surface area contributed by atoms with E-state index in [0.29, 0.717) is 24.1 Å². The van der Waals surface area contributed by atoms with Crippen molar-refractivity contribution in [1.29, 1.82) is 0 Å². The number of benzene rings is 1. The summed E-state index contributed by atoms with van der Waals surface area (Å²) in [5.41, 5.74) is 6.61. The lowest BCUT2D eigenvalue weighted by atomic mass is 10.1. The quantitative estimate of drug-likeness (QED) is 0.674. The van der Waals surface area contributed by atoms with E-state index in [4.69, 9.17) is 10.5 Å². The first-order chi connectivity index (χ1) is 13.8. The van der Waals surface area contributed by atoms with Crippen molar-refractivity contribution >= 4 is 27.6 Å². The van der Waals surface area contributed by atoms with Crippen LogP contribution in [-0.2, 0) is 16.6 Å². The Labute approximate surface area is 171 Å². The van der Waals surface area contributed by atoms with Crippen molar-refractivity contribution in [2.45, 2.75) is 25.4 Å². The molecular weight excluding hydrogens is 394 g/mol. The first-order valence-electron chi connectivity index (χ1n) is 9.32. The zero-order chi connectivity index (χ0) is 21.0. The summed E-state index contributed by atoms with van der Waals surface area (Å²) in [5.74, 6) is 1.72. The van der Waals surface area contributed by atoms with Crippen molar-refractivity contribution < 1.29 is 13.2 Å². The molecule has 0 aliphatic carbocycles. The van der Waals surface area contributed by atoms with E-state index in [1.165, 1.54) is 10.6 Å². The lowest BCUT2D eigenvalue weighted by molar-refractivity contribution is 0.161. The molecule has 158 valence electrons. The Kier molecular flexibility index (Phi) is 6.50. The van der Waals surface area contributed by atoms with Crippen molar-refractivity contribution in [3.05, 3.63) is 30.1 Å². The van der Waals surface area contributed by atoms with Crippen LogP contribution >= 0.6 is 0 Å². The molecule has 0 atom stereocenters. The molecule has 3 rings (SSSR count). The number of rotatable bonds is 7. The number of nitrogens with zero attached hydrogens (tertiary/aromatic N) is 5. The van der Waals surface area contributed by atoms with Crippen LogP contribution in [0.2, 0.25) is 0 Å². The Morgan fingerprint density at radius 2 is 1.93 bits per heavy atom. The highest BCUT2D eigenvalue weighted by molar-refractivity contribution is 7.88. The average molecular weight is 422 g/mol. The third-order valence-electron chi connectivity index (χ3n) is 5.01. The molecule has 0 bridgehead atoms. The first-order valence-corrected chi connectivity index (χ1v) is 11.2. The van der Waals surface area contributed by atoms with Gasteiger partial charge in [-0.15, -0.1) is 0 Å². The third kappa shape index (κ3) is 5.52. The number of aromatic nitrogens is 3. The molecule has 0 saturated carbocycles. The minimum Gasteiger partial charge on any atom is -0.495 e. The van der Waals surface area contributed by atoms with Gasteiger partial charge in [-0.3, -0.25) is 4.90 Å². The minimum absolute atomic E-state index is 0.0208. The first kappa shape index (κ1) is 21.2. The summed E-state index contributed by atoms with van der Waals surface area (Å²) < 4.78 is 30.3. The smallest absolute Gasteiger partial charge is 0.232 e. The molecule has 1 aliphatic heterocycles. The summed E-state index contributed by atoms with van der Waals surface area (Å²) in [7, 11) is 0.0540. The van der Waals surface area contributed by atoms with Crippen LogP contribution in [0, 0.1) is 0 Å². The highest BCUT2D eigenvalue weighted by Gasteiger charge is 2.27. The summed E-state index contributed by atoms with van der Waals surface area (Å²) in [6.07, 6.45) is 2.76. The van der Waals surface area contributed by atoms with Gasteiger partial charge in [0, 0.05) is 26.2 Å². The summed E-state index contributed by atoms with van der Waals surface area (Å²) in [6.45, 7) is 2.03. The zero-order valence-electron chi connectivity index (χ0n) is 16.9. The van der Waals surface area contributed by atoms with Crippen molar-refractivity contribution in [2.24, 2.45) is 0 Å². The molecule has 1 aromatic heterocycles. The van der Waals surface area contributed by atoms with Gasteiger partial charge >= 0.3 is 0 Å². The zero-order valence-corrected chi connectivity index (χ0v) is 17.7. The summed E-state index contributed by atoms with van der Waals surface area (Å²) in [6, 6.07) is 7.48. The Morgan fingerprint density at radius 1 is 1.24 bits per heavy atom. The second-order valence-corrected chi connectivity index (χ2v) is 9.09. The second-order valence-electron chi connectivity index (χ2n) is 7.05. The predicted octanol–water partition coefficient (Wildman–Crippen LogP) is 1.06. The van der Waals surface area contributed by atoms with Crippen molar-refractivity contribution in [1.82, 2.24) is 24.2 Å². The van der Waals surface area contributed by atoms with Gasteiger partial charge in [-0.2, -0.15) is 15.0 Å². The van der Waals surface area contributed by atoms with Crippen LogP contribution < -0.4 is 15.8 Å². The number of ether oxygens (including phenoxy) is 1. The number of piperidine rings is 1. The molecule has 2 heterocycles. The van der Waals surface area contributed by atoms with Gasteiger partial charge in [0.25, 0.3) is 0 Å². The van der Waals surface area contributed by atoms with Gasteiger partial charge in [-0.25, -0.2) is 12.7 Å². The molecule has 1 aliphatic rings. The SMILES string of the molecule is COc1ccccc1Nc1nc(N)nc(CN2CCC(N(C)S(C)(=O)=O)CC2)n1. The molecule has 2 aromatic rings. The number of hydrogen-bond acceptors (Lipinski definition) is 9. The number of likely N-dealkylation sites (tertiary alicyclic amines) is 1. The van der Waals surface area contributed by atoms with E-state index >= 15 is 0 Å². The third-order valence-corrected chi connectivity index (χ3v) is 6.36. The van der Waals surface area contributed by atoms with E-state index in [2.05, 4.69) is 25.2 Å². The minimum atomic E-state index is -3.18. The van der Waals surface area contributed by atoms with Crippen molar-refractivity contribution in [3.63, 3.8) is 0 Å². The molecule has 10 nitrogen and oxygen atoms in total. The van der Waals surface area contributed by atoms with Gasteiger partial charge < -0.3 is 15.8 Å². The topological polar surface area (TPSA) is 127 Å². The number of anilines is 3. The maximum atomic E-state index is 11.7. The number of nitrogens with one attached hydrogen (secondary N) is 1. The Hall–Kier alpha value is -2.50. The second kappa shape index (κ2) is 8.89. The Balaban J connectivity index is 1.65. The van der Waals surface area contributed by atoms with Gasteiger partial charge in [0.2, 0.25) is 21.9 Å². The van der Waals surface area contributed by atoms with E-state index in [1.54, 1.807) is 14.2 Å². The number of sulfonamides is 1. The van der Waals surface area contributed by atoms with E-state index in [9.17, 15) is 8.42 Å². The van der Waals surface area contributed by atoms with Gasteiger partial charge in [0.15, 0.2) is 0 Å². The van der Waals surface area contributed by atoms with Gasteiger partial charge in [-0.1, -0.05) is 12.1 Å². The fourth-order valence-electron chi connectivity index (χ4n) is 3.34. The lowest BCUT2D eigenvalue weighted by Crippen LogP contribution is -2.45. The molecule has 0 radical (unpaired) electrons. The molecule has 29 heavy (non-hydrogen) atoms. The standard InChI is InChI=1S/C18H27N7O3S/c1-24(29(3,26)27)13-8-10-25(11-9-13)12-16-21-17(19)23-18(22-16)20-14-6-4-5-7-15(14)28-2/h4-7,13H,8-12H2,1-3H3,(H3,19,20,21,22,23). The Bertz CT molecular complexity index is 946. The van der Waals surface area contributed by atoms with Crippen LogP contribution in [0.5, 0.6) is 5.75 Å². The van der Waals surface area contributed by atoms with Crippen LogP contribution in [0.25, 0.3) is 0 Å². The average Bonchev–Trinajstić information content (AvgIpc) is 2.67. The van der Waals surface area contributed by atoms with E-state index in [-0.39, 0.29) is 12.0 Å². The van der Waals surface area contributed by atoms with Gasteiger partial charge in [0.1, 0.15) is 11.6 Å². The number of nitrogens with two attached hydrogens (primary N) is 1. The van der Waals surface area contributed by atoms with E-state index in [1.807, 2.05) is 24.3 Å². The molecule has 0 unspecified atom stereocenters. The van der Waals surface area contributed by atoms with Gasteiger partial charge in [-0.05, 0) is 25.0 Å². The highest BCUT2D eigenvalue weighted by Crippen LogP contribution is 2.26. The largest absolute Gasteiger partial charge is 0.495 e. The number of methoxy groups -OCH3 is 1. The van der Waals surface area contributed by atoms with Crippen LogP contribution in [0.15, 0.2) is 24.3 Å². The molecule has 1 aromatic carbocycles. The van der Waals surface area contributed by atoms with Crippen molar-refractivity contribution in [3.8, 4) is 5.75 Å². The molecule has 1 saturated heterocycles. The molecular formula is C18H27N7O3S. The maximum Gasteiger partial charge on any atom is 0.232 e. The number of hydrogen-bond donors (Lipinski definition) is 2. The van der Waals surface area contributed by atoms with Crippen molar-refractivity contribution in [2.75, 3.05) is 44.6 Å². The Morgan fingerprint density at radius 3 is 2.59 bits per heavy atom. The predicted molar refractivity (Wildman–Crippen MR) is 111 cm³/mol. The monoisotopic (exact) mass is 421 g/mol. The van der Waals surface area contributed by atoms with Crippen LogP contribution in [-0.4, -0.2) is 72.1 Å². The lowest BCUT2D eigenvalue weighted by Gasteiger charge is -2.35. The van der Waals surface area contributed by atoms with Crippen LogP contribution in [0.4, 0.5) is 17.6 Å². The fraction of sp³-hybridized carbons (Fsp3) is 0.500. The summed E-state index contributed by atoms with van der Waals surface area (Å²) >= 11 is 0. The number of para-hydroxylation sites is 2. The van der Waals surface area contributed by atoms with E-state index in [0.717, 1.165) is 31.6 Å². The normalized spacial score (nSPS) is 16.1. The summed E-state index contributed by atoms with van der Waals surface area (Å²) in [5, 5.41) is 3.12. The molecule has 0 amide bonds. The van der Waals surface area contributed by atoms with Crippen LogP contribution in [0.1, 0.15) is 18.7 Å². The maximum absolute atomic E-state index is 11.7. The van der Waals surface area contributed by atoms with Gasteiger partial charge in [0.05, 0.1) is 25.6 Å². The van der Waals surface area contributed by atoms with Crippen LogP contribution in [0.3, 0.4) is 0 Å². The number of nitrogen functional groups attached to an aromatic ring is 1. The molecule has 0 spiro atoms. The molecule has 1 fully saturated rings. The van der Waals surface area contributed by atoms with E-state index < -0.39 is 10.0 Å². The highest BCUT2D eigenvalue weighted by atomic mass is 32.2. The summed E-state index contributed by atoms with van der Waals surface area (Å²) in [4.78, 5) is 15.1. The molecule has 11 heteroatoms. The molecule has 3 N–H and O–H groups in total. The fourth-order valence-corrected chi connectivity index (χ4v) is 4.10.